The van der Waals surface area contributed by atoms with Gasteiger partial charge in [-0.3, -0.25) is 4.79 Å². The minimum Gasteiger partial charge on any atom is -0.485 e. The van der Waals surface area contributed by atoms with Crippen LogP contribution < -0.4 is 9.47 Å². The van der Waals surface area contributed by atoms with Crippen LogP contribution in [0.2, 0.25) is 0 Å². The molecule has 3 rings (SSSR count). The summed E-state index contributed by atoms with van der Waals surface area (Å²) in [4.78, 5) is 14.2. The number of nitrogens with zero attached hydrogens (tertiary/aromatic N) is 1. The van der Waals surface area contributed by atoms with E-state index < -0.39 is 6.10 Å². The molecule has 0 aliphatic carbocycles. The van der Waals surface area contributed by atoms with Gasteiger partial charge in [-0.15, -0.1) is 0 Å². The second kappa shape index (κ2) is 6.10. The fourth-order valence-corrected chi connectivity index (χ4v) is 2.51. The average Bonchev–Trinajstić information content (AvgIpc) is 2.55. The Hall–Kier alpha value is -2.49. The number of aryl methyl sites for hydroxylation is 1. The predicted molar refractivity (Wildman–Crippen MR) is 84.0 cm³/mol. The number of ether oxygens (including phenoxy) is 2. The van der Waals surface area contributed by atoms with Crippen molar-refractivity contribution in [2.45, 2.75) is 19.6 Å². The maximum atomic E-state index is 12.5. The van der Waals surface area contributed by atoms with E-state index in [9.17, 15) is 4.79 Å². The predicted octanol–water partition coefficient (Wildman–Crippen LogP) is 2.79. The molecule has 0 radical (unpaired) electrons. The summed E-state index contributed by atoms with van der Waals surface area (Å²) in [6, 6.07) is 15.5. The molecule has 4 heteroatoms. The summed E-state index contributed by atoms with van der Waals surface area (Å²) < 4.78 is 11.4. The van der Waals surface area contributed by atoms with Crippen LogP contribution in [0.4, 0.5) is 0 Å². The largest absolute Gasteiger partial charge is 0.485 e. The van der Waals surface area contributed by atoms with Gasteiger partial charge in [-0.25, -0.2) is 0 Å². The molecule has 1 heterocycles. The number of rotatable bonds is 3. The fraction of sp³-hybridized carbons (Fsp3) is 0.278. The van der Waals surface area contributed by atoms with E-state index in [4.69, 9.17) is 9.47 Å². The minimum absolute atomic E-state index is 0.0715. The lowest BCUT2D eigenvalue weighted by atomic mass is 10.1. The van der Waals surface area contributed by atoms with Gasteiger partial charge in [-0.1, -0.05) is 36.4 Å². The highest BCUT2D eigenvalue weighted by atomic mass is 16.6. The number of para-hydroxylation sites is 2. The molecule has 0 bridgehead atoms. The molecular weight excluding hydrogens is 278 g/mol. The lowest BCUT2D eigenvalue weighted by molar-refractivity contribution is -0.140. The molecule has 0 unspecified atom stereocenters. The molecule has 1 aliphatic heterocycles. The Labute approximate surface area is 130 Å². The summed E-state index contributed by atoms with van der Waals surface area (Å²) in [7, 11) is 1.79. The number of carbonyl (C=O) groups is 1. The van der Waals surface area contributed by atoms with E-state index in [2.05, 4.69) is 0 Å². The molecular formula is C18H19NO3. The normalized spacial score (nSPS) is 16.2. The van der Waals surface area contributed by atoms with Crippen LogP contribution in [0.5, 0.6) is 11.5 Å². The second-order valence-electron chi connectivity index (χ2n) is 5.49. The second-order valence-corrected chi connectivity index (χ2v) is 5.49. The van der Waals surface area contributed by atoms with Gasteiger partial charge in [0, 0.05) is 13.6 Å². The number of hydrogen-bond acceptors (Lipinski definition) is 3. The van der Waals surface area contributed by atoms with Crippen LogP contribution in [0, 0.1) is 6.92 Å². The summed E-state index contributed by atoms with van der Waals surface area (Å²) in [5.74, 6) is 1.24. The van der Waals surface area contributed by atoms with Crippen LogP contribution in [-0.4, -0.2) is 30.6 Å². The topological polar surface area (TPSA) is 38.8 Å². The Morgan fingerprint density at radius 1 is 1.14 bits per heavy atom. The molecule has 0 N–H and O–H groups in total. The van der Waals surface area contributed by atoms with Crippen molar-refractivity contribution in [3.63, 3.8) is 0 Å². The Kier molecular flexibility index (Phi) is 4.00. The first-order chi connectivity index (χ1) is 10.6. The van der Waals surface area contributed by atoms with Gasteiger partial charge in [0.2, 0.25) is 6.10 Å². The molecule has 4 nitrogen and oxygen atoms in total. The first-order valence-corrected chi connectivity index (χ1v) is 7.33. The van der Waals surface area contributed by atoms with Crippen LogP contribution in [-0.2, 0) is 11.3 Å². The Bertz CT molecular complexity index is 684. The van der Waals surface area contributed by atoms with E-state index in [0.29, 0.717) is 18.0 Å². The van der Waals surface area contributed by atoms with Crippen molar-refractivity contribution < 1.29 is 14.3 Å². The smallest absolute Gasteiger partial charge is 0.267 e. The molecule has 1 atom stereocenters. The molecule has 0 aromatic heterocycles. The third-order valence-electron chi connectivity index (χ3n) is 3.83. The number of carbonyl (C=O) groups excluding carboxylic acids is 1. The highest BCUT2D eigenvalue weighted by Gasteiger charge is 2.29. The van der Waals surface area contributed by atoms with Crippen LogP contribution >= 0.6 is 0 Å². The summed E-state index contributed by atoms with van der Waals surface area (Å²) in [5, 5.41) is 0. The number of fused-ring (bicyclic) bond motifs is 1. The summed E-state index contributed by atoms with van der Waals surface area (Å²) in [6.45, 7) is 2.85. The standard InChI is InChI=1S/C18H19NO3/c1-13-7-3-4-8-14(13)11-19(2)18(20)17-12-21-15-9-5-6-10-16(15)22-17/h3-10,17H,11-12H2,1-2H3/t17-/m1/s1. The monoisotopic (exact) mass is 297 g/mol. The number of hydrogen-bond donors (Lipinski definition) is 0. The maximum Gasteiger partial charge on any atom is 0.267 e. The molecule has 22 heavy (non-hydrogen) atoms. The Balaban J connectivity index is 1.68. The molecule has 0 fully saturated rings. The molecule has 1 amide bonds. The number of amides is 1. The fourth-order valence-electron chi connectivity index (χ4n) is 2.51. The van der Waals surface area contributed by atoms with Crippen molar-refractivity contribution in [2.24, 2.45) is 0 Å². The van der Waals surface area contributed by atoms with E-state index >= 15 is 0 Å². The SMILES string of the molecule is Cc1ccccc1CN(C)C(=O)[C@H]1COc2ccccc2O1. The third-order valence-corrected chi connectivity index (χ3v) is 3.83. The molecule has 2 aromatic carbocycles. The van der Waals surface area contributed by atoms with Gasteiger partial charge in [-0.05, 0) is 30.2 Å². The maximum absolute atomic E-state index is 12.5. The zero-order valence-corrected chi connectivity index (χ0v) is 12.8. The third kappa shape index (κ3) is 2.91. The van der Waals surface area contributed by atoms with Crippen molar-refractivity contribution in [3.8, 4) is 11.5 Å². The Morgan fingerprint density at radius 3 is 2.59 bits per heavy atom. The molecule has 0 saturated carbocycles. The van der Waals surface area contributed by atoms with Crippen LogP contribution in [0.25, 0.3) is 0 Å². The molecule has 0 spiro atoms. The summed E-state index contributed by atoms with van der Waals surface area (Å²) in [6.07, 6.45) is -0.594. The number of benzene rings is 2. The molecule has 0 saturated heterocycles. The van der Waals surface area contributed by atoms with Crippen LogP contribution in [0.15, 0.2) is 48.5 Å². The highest BCUT2D eigenvalue weighted by Crippen LogP contribution is 2.31. The van der Waals surface area contributed by atoms with Crippen molar-refractivity contribution in [1.29, 1.82) is 0 Å². The number of likely N-dealkylation sites (N-methyl/N-ethyl adjacent to an activating group) is 1. The summed E-state index contributed by atoms with van der Waals surface area (Å²) in [5.41, 5.74) is 2.31. The minimum atomic E-state index is -0.594. The van der Waals surface area contributed by atoms with E-state index in [1.165, 1.54) is 5.56 Å². The molecule has 114 valence electrons. The van der Waals surface area contributed by atoms with E-state index in [0.717, 1.165) is 5.56 Å². The quantitative estimate of drug-likeness (QED) is 0.874. The van der Waals surface area contributed by atoms with Gasteiger partial charge in [0.1, 0.15) is 6.61 Å². The van der Waals surface area contributed by atoms with Crippen molar-refractivity contribution in [1.82, 2.24) is 4.90 Å². The van der Waals surface area contributed by atoms with Crippen LogP contribution in [0.1, 0.15) is 11.1 Å². The highest BCUT2D eigenvalue weighted by molar-refractivity contribution is 5.81. The lowest BCUT2D eigenvalue weighted by Gasteiger charge is -2.29. The average molecular weight is 297 g/mol. The zero-order chi connectivity index (χ0) is 15.5. The van der Waals surface area contributed by atoms with Gasteiger partial charge < -0.3 is 14.4 Å². The van der Waals surface area contributed by atoms with Gasteiger partial charge in [0.15, 0.2) is 11.5 Å². The van der Waals surface area contributed by atoms with Gasteiger partial charge in [0.25, 0.3) is 5.91 Å². The van der Waals surface area contributed by atoms with Gasteiger partial charge in [0.05, 0.1) is 0 Å². The van der Waals surface area contributed by atoms with Crippen molar-refractivity contribution in [3.05, 3.63) is 59.7 Å². The summed E-state index contributed by atoms with van der Waals surface area (Å²) >= 11 is 0. The zero-order valence-electron chi connectivity index (χ0n) is 12.8. The van der Waals surface area contributed by atoms with E-state index in [1.54, 1.807) is 11.9 Å². The van der Waals surface area contributed by atoms with Gasteiger partial charge in [-0.2, -0.15) is 0 Å². The first kappa shape index (κ1) is 14.4. The van der Waals surface area contributed by atoms with Gasteiger partial charge >= 0.3 is 0 Å². The van der Waals surface area contributed by atoms with E-state index in [1.807, 2.05) is 55.5 Å². The van der Waals surface area contributed by atoms with Crippen LogP contribution in [0.3, 0.4) is 0 Å². The molecule has 1 aliphatic rings. The first-order valence-electron chi connectivity index (χ1n) is 7.33. The van der Waals surface area contributed by atoms with E-state index in [-0.39, 0.29) is 12.5 Å². The lowest BCUT2D eigenvalue weighted by Crippen LogP contribution is -2.44. The molecule has 2 aromatic rings. The van der Waals surface area contributed by atoms with Crippen molar-refractivity contribution in [2.75, 3.05) is 13.7 Å². The van der Waals surface area contributed by atoms with Crippen molar-refractivity contribution >= 4 is 5.91 Å². The Morgan fingerprint density at radius 2 is 1.82 bits per heavy atom.